The van der Waals surface area contributed by atoms with Crippen LogP contribution in [-0.2, 0) is 6.42 Å². The van der Waals surface area contributed by atoms with Crippen molar-refractivity contribution in [3.8, 4) is 0 Å². The summed E-state index contributed by atoms with van der Waals surface area (Å²) >= 11 is 0. The standard InChI is InChI=1S/C11H16N2O/c1-7-4-9(3)10(5-8(7)2)6-11(12)13-14/h4-5,14H,6H2,1-3H3,(H2,12,13). The lowest BCUT2D eigenvalue weighted by atomic mass is 9.98. The molecule has 0 saturated carbocycles. The molecule has 1 aromatic rings. The van der Waals surface area contributed by atoms with Crippen LogP contribution in [0.1, 0.15) is 22.3 Å². The molecule has 0 saturated heterocycles. The molecule has 0 aliphatic heterocycles. The van der Waals surface area contributed by atoms with Crippen molar-refractivity contribution < 1.29 is 5.21 Å². The minimum absolute atomic E-state index is 0.247. The lowest BCUT2D eigenvalue weighted by molar-refractivity contribution is 0.317. The van der Waals surface area contributed by atoms with E-state index in [-0.39, 0.29) is 5.84 Å². The molecule has 0 spiro atoms. The number of amidine groups is 1. The Balaban J connectivity index is 3.04. The average Bonchev–Trinajstić information content (AvgIpc) is 2.14. The van der Waals surface area contributed by atoms with Crippen LogP contribution in [0.15, 0.2) is 17.3 Å². The molecule has 3 nitrogen and oxygen atoms in total. The SMILES string of the molecule is Cc1cc(C)c(C/C(N)=N\O)cc1C. The molecule has 0 aliphatic rings. The van der Waals surface area contributed by atoms with Crippen molar-refractivity contribution in [3.05, 3.63) is 34.4 Å². The molecule has 0 amide bonds. The maximum atomic E-state index is 8.47. The molecule has 3 heteroatoms. The van der Waals surface area contributed by atoms with Gasteiger partial charge in [-0.15, -0.1) is 0 Å². The Labute approximate surface area is 84.2 Å². The Kier molecular flexibility index (Phi) is 3.12. The molecule has 0 aromatic heterocycles. The van der Waals surface area contributed by atoms with Crippen LogP contribution in [0.5, 0.6) is 0 Å². The van der Waals surface area contributed by atoms with Gasteiger partial charge in [-0.1, -0.05) is 17.3 Å². The zero-order valence-corrected chi connectivity index (χ0v) is 8.83. The third-order valence-electron chi connectivity index (χ3n) is 2.45. The number of benzene rings is 1. The monoisotopic (exact) mass is 192 g/mol. The first-order valence-electron chi connectivity index (χ1n) is 4.57. The number of nitrogens with two attached hydrogens (primary N) is 1. The molecule has 0 bridgehead atoms. The number of hydrogen-bond acceptors (Lipinski definition) is 2. The Morgan fingerprint density at radius 2 is 1.79 bits per heavy atom. The molecule has 0 radical (unpaired) electrons. The lowest BCUT2D eigenvalue weighted by Crippen LogP contribution is -2.15. The van der Waals surface area contributed by atoms with Gasteiger partial charge in [-0.2, -0.15) is 0 Å². The highest BCUT2D eigenvalue weighted by atomic mass is 16.4. The van der Waals surface area contributed by atoms with Gasteiger partial charge in [-0.25, -0.2) is 0 Å². The molecule has 0 aliphatic carbocycles. The Bertz CT molecular complexity index is 370. The fourth-order valence-electron chi connectivity index (χ4n) is 1.44. The normalized spacial score (nSPS) is 11.8. The van der Waals surface area contributed by atoms with Gasteiger partial charge in [0.15, 0.2) is 0 Å². The van der Waals surface area contributed by atoms with Crippen LogP contribution in [-0.4, -0.2) is 11.0 Å². The second kappa shape index (κ2) is 4.13. The van der Waals surface area contributed by atoms with Crippen LogP contribution in [0.2, 0.25) is 0 Å². The molecule has 14 heavy (non-hydrogen) atoms. The first kappa shape index (κ1) is 10.6. The van der Waals surface area contributed by atoms with Crippen molar-refractivity contribution in [3.63, 3.8) is 0 Å². The van der Waals surface area contributed by atoms with E-state index in [4.69, 9.17) is 10.9 Å². The van der Waals surface area contributed by atoms with Crippen LogP contribution in [0.25, 0.3) is 0 Å². The van der Waals surface area contributed by atoms with E-state index in [0.717, 1.165) is 5.56 Å². The van der Waals surface area contributed by atoms with Crippen molar-refractivity contribution in [1.29, 1.82) is 0 Å². The van der Waals surface area contributed by atoms with Gasteiger partial charge < -0.3 is 10.9 Å². The maximum Gasteiger partial charge on any atom is 0.143 e. The van der Waals surface area contributed by atoms with Crippen LogP contribution in [0, 0.1) is 20.8 Å². The van der Waals surface area contributed by atoms with Gasteiger partial charge in [-0.3, -0.25) is 0 Å². The van der Waals surface area contributed by atoms with Gasteiger partial charge in [0, 0.05) is 6.42 Å². The summed E-state index contributed by atoms with van der Waals surface area (Å²) in [6.45, 7) is 6.17. The van der Waals surface area contributed by atoms with Gasteiger partial charge >= 0.3 is 0 Å². The van der Waals surface area contributed by atoms with Crippen LogP contribution in [0.4, 0.5) is 0 Å². The van der Waals surface area contributed by atoms with Crippen molar-refractivity contribution in [2.75, 3.05) is 0 Å². The van der Waals surface area contributed by atoms with E-state index >= 15 is 0 Å². The number of rotatable bonds is 2. The number of oxime groups is 1. The second-order valence-electron chi connectivity index (χ2n) is 3.63. The molecule has 1 rings (SSSR count). The zero-order valence-electron chi connectivity index (χ0n) is 8.83. The summed E-state index contributed by atoms with van der Waals surface area (Å²) in [7, 11) is 0. The van der Waals surface area contributed by atoms with Crippen molar-refractivity contribution in [1.82, 2.24) is 0 Å². The number of nitrogens with zero attached hydrogens (tertiary/aromatic N) is 1. The quantitative estimate of drug-likeness (QED) is 0.325. The Hall–Kier alpha value is -1.51. The largest absolute Gasteiger partial charge is 0.409 e. The molecule has 3 N–H and O–H groups in total. The van der Waals surface area contributed by atoms with E-state index in [1.165, 1.54) is 16.7 Å². The van der Waals surface area contributed by atoms with Crippen molar-refractivity contribution in [2.45, 2.75) is 27.2 Å². The topological polar surface area (TPSA) is 58.6 Å². The second-order valence-corrected chi connectivity index (χ2v) is 3.63. The van der Waals surface area contributed by atoms with Crippen molar-refractivity contribution in [2.24, 2.45) is 10.9 Å². The number of aryl methyl sites for hydroxylation is 3. The molecule has 76 valence electrons. The predicted molar refractivity (Wildman–Crippen MR) is 57.8 cm³/mol. The van der Waals surface area contributed by atoms with E-state index in [2.05, 4.69) is 31.1 Å². The average molecular weight is 192 g/mol. The third kappa shape index (κ3) is 2.25. The molecule has 1 aromatic carbocycles. The summed E-state index contributed by atoms with van der Waals surface area (Å²) in [5.74, 6) is 0.247. The first-order chi connectivity index (χ1) is 6.54. The molecule has 0 fully saturated rings. The van der Waals surface area contributed by atoms with E-state index < -0.39 is 0 Å². The van der Waals surface area contributed by atoms with E-state index in [1.54, 1.807) is 0 Å². The van der Waals surface area contributed by atoms with Crippen LogP contribution >= 0.6 is 0 Å². The highest BCUT2D eigenvalue weighted by Crippen LogP contribution is 2.15. The fourth-order valence-corrected chi connectivity index (χ4v) is 1.44. The molecule has 0 atom stereocenters. The molecule has 0 heterocycles. The Morgan fingerprint density at radius 3 is 2.36 bits per heavy atom. The maximum absolute atomic E-state index is 8.47. The van der Waals surface area contributed by atoms with Gasteiger partial charge in [0.1, 0.15) is 5.84 Å². The fraction of sp³-hybridized carbons (Fsp3) is 0.364. The summed E-state index contributed by atoms with van der Waals surface area (Å²) < 4.78 is 0. The molecule has 0 unspecified atom stereocenters. The van der Waals surface area contributed by atoms with Crippen LogP contribution in [0.3, 0.4) is 0 Å². The highest BCUT2D eigenvalue weighted by molar-refractivity contribution is 5.82. The number of hydrogen-bond donors (Lipinski definition) is 2. The summed E-state index contributed by atoms with van der Waals surface area (Å²) in [5, 5.41) is 11.4. The summed E-state index contributed by atoms with van der Waals surface area (Å²) in [5.41, 5.74) is 10.3. The Morgan fingerprint density at radius 1 is 1.21 bits per heavy atom. The lowest BCUT2D eigenvalue weighted by Gasteiger charge is -2.08. The zero-order chi connectivity index (χ0) is 10.7. The first-order valence-corrected chi connectivity index (χ1v) is 4.57. The predicted octanol–water partition coefficient (Wildman–Crippen LogP) is 1.90. The summed E-state index contributed by atoms with van der Waals surface area (Å²) in [6.07, 6.45) is 0.503. The van der Waals surface area contributed by atoms with Crippen molar-refractivity contribution >= 4 is 5.84 Å². The molecular weight excluding hydrogens is 176 g/mol. The van der Waals surface area contributed by atoms with Gasteiger partial charge in [0.05, 0.1) is 0 Å². The van der Waals surface area contributed by atoms with E-state index in [9.17, 15) is 0 Å². The minimum Gasteiger partial charge on any atom is -0.409 e. The minimum atomic E-state index is 0.247. The summed E-state index contributed by atoms with van der Waals surface area (Å²) in [6, 6.07) is 4.21. The summed E-state index contributed by atoms with van der Waals surface area (Å²) in [4.78, 5) is 0. The van der Waals surface area contributed by atoms with Gasteiger partial charge in [0.25, 0.3) is 0 Å². The third-order valence-corrected chi connectivity index (χ3v) is 2.45. The van der Waals surface area contributed by atoms with Gasteiger partial charge in [0.2, 0.25) is 0 Å². The van der Waals surface area contributed by atoms with E-state index in [1.807, 2.05) is 6.92 Å². The van der Waals surface area contributed by atoms with E-state index in [0.29, 0.717) is 6.42 Å². The molecular formula is C11H16N2O. The van der Waals surface area contributed by atoms with Gasteiger partial charge in [-0.05, 0) is 43.0 Å². The smallest absolute Gasteiger partial charge is 0.143 e. The van der Waals surface area contributed by atoms with Crippen LogP contribution < -0.4 is 5.73 Å². The highest BCUT2D eigenvalue weighted by Gasteiger charge is 2.03.